The molecule has 0 aliphatic carbocycles. The third-order valence-electron chi connectivity index (χ3n) is 7.27. The van der Waals surface area contributed by atoms with Crippen LogP contribution in [-0.2, 0) is 67.2 Å². The van der Waals surface area contributed by atoms with Gasteiger partial charge in [0, 0.05) is 13.8 Å². The van der Waals surface area contributed by atoms with Gasteiger partial charge in [0.25, 0.3) is 0 Å². The predicted molar refractivity (Wildman–Crippen MR) is 146 cm³/mol. The molecular weight excluding hydrogens is 724 g/mol. The van der Waals surface area contributed by atoms with Crippen LogP contribution in [0.3, 0.4) is 0 Å². The molecule has 3 heterocycles. The number of hydrogen-bond acceptors (Lipinski definition) is 20. The highest BCUT2D eigenvalue weighted by Crippen LogP contribution is 2.34. The summed E-state index contributed by atoms with van der Waals surface area (Å²) in [5, 5.41) is 76.8. The summed E-state index contributed by atoms with van der Waals surface area (Å²) in [6.07, 6.45) is -27.9. The van der Waals surface area contributed by atoms with Gasteiger partial charge in [0.1, 0.15) is 67.0 Å². The van der Waals surface area contributed by atoms with Crippen LogP contribution in [0.25, 0.3) is 0 Å². The molecule has 27 heteroatoms. The van der Waals surface area contributed by atoms with Crippen molar-refractivity contribution in [1.29, 1.82) is 0 Å². The number of carbonyl (C=O) groups is 3. The molecule has 11 N–H and O–H groups in total. The number of ether oxygens (including phenoxy) is 5. The van der Waals surface area contributed by atoms with E-state index in [2.05, 4.69) is 19.0 Å². The molecule has 0 aromatic heterocycles. The lowest BCUT2D eigenvalue weighted by Gasteiger charge is -2.48. The zero-order chi connectivity index (χ0) is 37.2. The first-order valence-corrected chi connectivity index (χ1v) is 16.6. The van der Waals surface area contributed by atoms with E-state index in [0.29, 0.717) is 0 Å². The van der Waals surface area contributed by atoms with Gasteiger partial charge in [0.05, 0.1) is 13.2 Å². The number of nitrogens with one attached hydrogen (secondary N) is 2. The van der Waals surface area contributed by atoms with Crippen LogP contribution < -0.4 is 10.6 Å². The minimum atomic E-state index is -5.39. The van der Waals surface area contributed by atoms with Crippen molar-refractivity contribution in [3.8, 4) is 0 Å². The molecule has 0 aromatic rings. The number of amides is 2. The largest absolute Gasteiger partial charge is 0.479 e. The second-order valence-electron chi connectivity index (χ2n) is 10.8. The Kier molecular flexibility index (Phi) is 13.7. The summed E-state index contributed by atoms with van der Waals surface area (Å²) in [7, 11) is -10.7. The first kappa shape index (κ1) is 41.1. The van der Waals surface area contributed by atoms with Crippen molar-refractivity contribution >= 4 is 38.6 Å². The van der Waals surface area contributed by atoms with Crippen molar-refractivity contribution in [3.05, 3.63) is 0 Å². The van der Waals surface area contributed by atoms with E-state index in [1.807, 2.05) is 0 Å². The number of aliphatic hydroxyl groups excluding tert-OH is 6. The van der Waals surface area contributed by atoms with E-state index in [-0.39, 0.29) is 0 Å². The smallest absolute Gasteiger partial charge is 0.397 e. The van der Waals surface area contributed by atoms with Crippen LogP contribution >= 0.6 is 0 Å². The summed E-state index contributed by atoms with van der Waals surface area (Å²) in [6, 6.07) is -3.68. The normalized spacial score (nSPS) is 40.3. The quantitative estimate of drug-likeness (QED) is 0.0776. The van der Waals surface area contributed by atoms with Crippen LogP contribution in [0.15, 0.2) is 0 Å². The molecule has 15 atom stereocenters. The van der Waals surface area contributed by atoms with Crippen molar-refractivity contribution in [3.63, 3.8) is 0 Å². The number of carbonyl (C=O) groups excluding carboxylic acids is 2. The number of rotatable bonds is 13. The number of hydrogen-bond donors (Lipinski definition) is 11. The van der Waals surface area contributed by atoms with E-state index >= 15 is 0 Å². The van der Waals surface area contributed by atoms with Crippen LogP contribution in [0.5, 0.6) is 0 Å². The van der Waals surface area contributed by atoms with Gasteiger partial charge in [-0.25, -0.2) is 13.2 Å². The van der Waals surface area contributed by atoms with Gasteiger partial charge in [-0.1, -0.05) is 0 Å². The van der Waals surface area contributed by atoms with Crippen molar-refractivity contribution in [2.75, 3.05) is 13.2 Å². The van der Waals surface area contributed by atoms with Crippen LogP contribution in [-0.4, -0.2) is 185 Å². The number of aliphatic carboxylic acids is 1. The van der Waals surface area contributed by atoms with Gasteiger partial charge in [0.15, 0.2) is 25.0 Å². The van der Waals surface area contributed by atoms with E-state index < -0.39 is 144 Å². The Bertz CT molecular complexity index is 1400. The van der Waals surface area contributed by atoms with Crippen molar-refractivity contribution in [1.82, 2.24) is 10.6 Å². The molecular formula is C22H36N2O23S2. The highest BCUT2D eigenvalue weighted by molar-refractivity contribution is 7.81. The minimum absolute atomic E-state index is 0.884. The molecule has 0 aromatic carbocycles. The highest BCUT2D eigenvalue weighted by atomic mass is 32.3. The second kappa shape index (κ2) is 16.4. The van der Waals surface area contributed by atoms with Gasteiger partial charge in [-0.3, -0.25) is 18.7 Å². The molecule has 15 unspecified atom stereocenters. The maximum absolute atomic E-state index is 12.3. The third-order valence-corrected chi connectivity index (χ3v) is 8.21. The zero-order valence-electron chi connectivity index (χ0n) is 25.1. The fraction of sp³-hybridized carbons (Fsp3) is 0.864. The Hall–Kier alpha value is -2.29. The summed E-state index contributed by atoms with van der Waals surface area (Å²) in [5.41, 5.74) is 0. The number of aliphatic hydroxyl groups is 6. The van der Waals surface area contributed by atoms with Crippen LogP contribution in [0.1, 0.15) is 13.8 Å². The molecule has 49 heavy (non-hydrogen) atoms. The van der Waals surface area contributed by atoms with Gasteiger partial charge in [-0.15, -0.1) is 0 Å². The second-order valence-corrected chi connectivity index (χ2v) is 12.9. The molecule has 3 fully saturated rings. The molecule has 0 radical (unpaired) electrons. The lowest BCUT2D eigenvalue weighted by atomic mass is 9.94. The molecule has 3 saturated heterocycles. The molecule has 3 rings (SSSR count). The first-order valence-electron chi connectivity index (χ1n) is 13.9. The van der Waals surface area contributed by atoms with Crippen LogP contribution in [0.2, 0.25) is 0 Å². The summed E-state index contributed by atoms with van der Waals surface area (Å²) in [6.45, 7) is -0.354. The molecule has 0 spiro atoms. The monoisotopic (exact) mass is 760 g/mol. The Morgan fingerprint density at radius 3 is 1.63 bits per heavy atom. The molecule has 2 amide bonds. The molecule has 3 aliphatic rings. The minimum Gasteiger partial charge on any atom is -0.479 e. The SMILES string of the molecule is CC(=O)NC1C(OC2C(C(=O)O)OC(OC3C(NC(C)=O)C(O)OC(CO)C3OS(=O)(=O)O)C(O)C2O)OC(CO)C(OS(=O)(=O)O)C1O. The predicted octanol–water partition coefficient (Wildman–Crippen LogP) is -7.54. The van der Waals surface area contributed by atoms with Crippen LogP contribution in [0, 0.1) is 0 Å². The van der Waals surface area contributed by atoms with Gasteiger partial charge in [-0.05, 0) is 0 Å². The number of carboxylic acid groups (broad SMARTS) is 1. The Labute approximate surface area is 276 Å². The lowest BCUT2D eigenvalue weighted by Crippen LogP contribution is -2.70. The summed E-state index contributed by atoms with van der Waals surface area (Å²) >= 11 is 0. The van der Waals surface area contributed by atoms with E-state index in [4.69, 9.17) is 28.2 Å². The van der Waals surface area contributed by atoms with Crippen molar-refractivity contribution in [2.24, 2.45) is 0 Å². The van der Waals surface area contributed by atoms with E-state index in [0.717, 1.165) is 13.8 Å². The third kappa shape index (κ3) is 10.4. The number of carboxylic acids is 1. The molecule has 3 aliphatic heterocycles. The molecule has 0 bridgehead atoms. The Morgan fingerprint density at radius 2 is 1.14 bits per heavy atom. The van der Waals surface area contributed by atoms with E-state index in [1.165, 1.54) is 0 Å². The van der Waals surface area contributed by atoms with Crippen molar-refractivity contribution < 1.29 is 108 Å². The molecule has 25 nitrogen and oxygen atoms in total. The first-order chi connectivity index (χ1) is 22.6. The molecule has 284 valence electrons. The fourth-order valence-corrected chi connectivity index (χ4v) is 6.35. The van der Waals surface area contributed by atoms with Gasteiger partial charge in [0.2, 0.25) is 11.8 Å². The average Bonchev–Trinajstić information content (AvgIpc) is 2.96. The highest BCUT2D eigenvalue weighted by Gasteiger charge is 2.57. The summed E-state index contributed by atoms with van der Waals surface area (Å²) in [4.78, 5) is 36.0. The summed E-state index contributed by atoms with van der Waals surface area (Å²) in [5.74, 6) is -3.73. The maximum atomic E-state index is 12.3. The average molecular weight is 761 g/mol. The van der Waals surface area contributed by atoms with Gasteiger partial charge < -0.3 is 70.1 Å². The Balaban J connectivity index is 1.96. The standard InChI is InChI=1S/C22H36N2O23S2/c1-5(27)23-9-11(29)14(46-48(35,36)37)7(3-25)42-21(9)44-17-12(30)13(31)22(45-18(17)19(32)33)43-16-10(24-6(2)28)20(34)41-8(4-26)15(16)47-49(38,39)40/h7-18,20-22,25-26,29-31,34H,3-4H2,1-2H3,(H,23,27)(H,24,28)(H,32,33)(H,35,36,37)(H,38,39,40). The van der Waals surface area contributed by atoms with Gasteiger partial charge in [-0.2, -0.15) is 16.8 Å². The molecule has 0 saturated carbocycles. The maximum Gasteiger partial charge on any atom is 0.397 e. The van der Waals surface area contributed by atoms with E-state index in [1.54, 1.807) is 0 Å². The zero-order valence-corrected chi connectivity index (χ0v) is 26.8. The fourth-order valence-electron chi connectivity index (χ4n) is 5.31. The van der Waals surface area contributed by atoms with Gasteiger partial charge >= 0.3 is 26.8 Å². The van der Waals surface area contributed by atoms with Crippen molar-refractivity contribution in [2.45, 2.75) is 106 Å². The summed E-state index contributed by atoms with van der Waals surface area (Å²) < 4.78 is 99.9. The topological polar surface area (TPSA) is 390 Å². The Morgan fingerprint density at radius 1 is 0.653 bits per heavy atom. The van der Waals surface area contributed by atoms with E-state index in [9.17, 15) is 71.5 Å². The van der Waals surface area contributed by atoms with Crippen LogP contribution in [0.4, 0.5) is 0 Å². The lowest BCUT2D eigenvalue weighted by molar-refractivity contribution is -0.357.